The van der Waals surface area contributed by atoms with Crippen LogP contribution >= 0.6 is 0 Å². The second-order valence-corrected chi connectivity index (χ2v) is 6.98. The van der Waals surface area contributed by atoms with E-state index in [2.05, 4.69) is 43.0 Å². The van der Waals surface area contributed by atoms with E-state index in [4.69, 9.17) is 10.5 Å². The summed E-state index contributed by atoms with van der Waals surface area (Å²) in [6.07, 6.45) is 3.63. The summed E-state index contributed by atoms with van der Waals surface area (Å²) in [7, 11) is 0. The highest BCUT2D eigenvalue weighted by atomic mass is 16.5. The predicted molar refractivity (Wildman–Crippen MR) is 86.2 cm³/mol. The Kier molecular flexibility index (Phi) is 4.34. The van der Waals surface area contributed by atoms with Gasteiger partial charge in [0, 0.05) is 31.8 Å². The Hall–Kier alpha value is -0.900. The maximum absolute atomic E-state index is 6.25. The number of nitrogens with two attached hydrogens (primary N) is 1. The number of rotatable bonds is 3. The molecule has 0 saturated carbocycles. The predicted octanol–water partition coefficient (Wildman–Crippen LogP) is 2.58. The molecule has 3 rings (SSSR count). The molecule has 0 aliphatic carbocycles. The number of fused-ring (bicyclic) bond motifs is 1. The molecule has 0 amide bonds. The molecule has 1 fully saturated rings. The number of ether oxygens (including phenoxy) is 1. The lowest BCUT2D eigenvalue weighted by molar-refractivity contribution is -0.0912. The molecule has 2 aliphatic heterocycles. The highest BCUT2D eigenvalue weighted by Crippen LogP contribution is 2.36. The third kappa shape index (κ3) is 2.87. The van der Waals surface area contributed by atoms with E-state index >= 15 is 0 Å². The second-order valence-electron chi connectivity index (χ2n) is 6.98. The third-order valence-electron chi connectivity index (χ3n) is 5.41. The fraction of sp³-hybridized carbons (Fsp3) is 0.667. The fourth-order valence-corrected chi connectivity index (χ4v) is 3.87. The van der Waals surface area contributed by atoms with Crippen molar-refractivity contribution in [1.82, 2.24) is 4.90 Å². The number of hydrogen-bond acceptors (Lipinski definition) is 3. The summed E-state index contributed by atoms with van der Waals surface area (Å²) in [6.45, 7) is 8.25. The summed E-state index contributed by atoms with van der Waals surface area (Å²) in [5.41, 5.74) is 9.36. The van der Waals surface area contributed by atoms with Crippen LogP contribution in [-0.2, 0) is 17.7 Å². The minimum Gasteiger partial charge on any atom is -0.378 e. The standard InChI is InChI=1S/C18H28N2O/c1-14(2)17-11-18(13-19,8-10-21-17)20-9-7-15-5-3-4-6-16(15)12-20/h3-6,14,17H,7-13,19H2,1-2H3. The van der Waals surface area contributed by atoms with Gasteiger partial charge in [-0.15, -0.1) is 0 Å². The smallest absolute Gasteiger partial charge is 0.0616 e. The zero-order chi connectivity index (χ0) is 14.9. The van der Waals surface area contributed by atoms with Crippen LogP contribution in [0.15, 0.2) is 24.3 Å². The molecule has 0 spiro atoms. The summed E-state index contributed by atoms with van der Waals surface area (Å²) in [5, 5.41) is 0. The van der Waals surface area contributed by atoms with Gasteiger partial charge in [-0.25, -0.2) is 0 Å². The van der Waals surface area contributed by atoms with Gasteiger partial charge in [0.05, 0.1) is 6.10 Å². The maximum Gasteiger partial charge on any atom is 0.0616 e. The minimum atomic E-state index is 0.126. The highest BCUT2D eigenvalue weighted by molar-refractivity contribution is 5.29. The Morgan fingerprint density at radius 2 is 2.10 bits per heavy atom. The largest absolute Gasteiger partial charge is 0.378 e. The molecule has 2 atom stereocenters. The molecular formula is C18H28N2O. The van der Waals surface area contributed by atoms with Crippen molar-refractivity contribution in [2.45, 2.75) is 51.3 Å². The molecule has 0 bridgehead atoms. The van der Waals surface area contributed by atoms with Gasteiger partial charge in [-0.3, -0.25) is 4.90 Å². The van der Waals surface area contributed by atoms with Crippen molar-refractivity contribution in [2.75, 3.05) is 19.7 Å². The van der Waals surface area contributed by atoms with Crippen molar-refractivity contribution in [2.24, 2.45) is 11.7 Å². The van der Waals surface area contributed by atoms with Crippen molar-refractivity contribution in [1.29, 1.82) is 0 Å². The molecule has 21 heavy (non-hydrogen) atoms. The van der Waals surface area contributed by atoms with Crippen LogP contribution < -0.4 is 5.73 Å². The van der Waals surface area contributed by atoms with E-state index in [-0.39, 0.29) is 5.54 Å². The van der Waals surface area contributed by atoms with Gasteiger partial charge in [0.1, 0.15) is 0 Å². The second kappa shape index (κ2) is 6.07. The zero-order valence-corrected chi connectivity index (χ0v) is 13.3. The van der Waals surface area contributed by atoms with Crippen molar-refractivity contribution in [3.63, 3.8) is 0 Å². The van der Waals surface area contributed by atoms with E-state index in [0.29, 0.717) is 12.0 Å². The fourth-order valence-electron chi connectivity index (χ4n) is 3.87. The highest BCUT2D eigenvalue weighted by Gasteiger charge is 2.42. The first-order valence-corrected chi connectivity index (χ1v) is 8.28. The zero-order valence-electron chi connectivity index (χ0n) is 13.3. The summed E-state index contributed by atoms with van der Waals surface area (Å²) in [4.78, 5) is 2.63. The molecule has 0 aromatic heterocycles. The summed E-state index contributed by atoms with van der Waals surface area (Å²) < 4.78 is 5.97. The van der Waals surface area contributed by atoms with Crippen molar-refractivity contribution in [3.8, 4) is 0 Å². The first-order chi connectivity index (χ1) is 10.1. The first kappa shape index (κ1) is 15.0. The van der Waals surface area contributed by atoms with Gasteiger partial charge in [0.15, 0.2) is 0 Å². The van der Waals surface area contributed by atoms with Crippen LogP contribution in [-0.4, -0.2) is 36.2 Å². The number of hydrogen-bond donors (Lipinski definition) is 1. The van der Waals surface area contributed by atoms with Gasteiger partial charge in [-0.05, 0) is 36.3 Å². The molecule has 3 heteroatoms. The summed E-state index contributed by atoms with van der Waals surface area (Å²) in [5.74, 6) is 0.563. The van der Waals surface area contributed by atoms with Gasteiger partial charge in [0.2, 0.25) is 0 Å². The van der Waals surface area contributed by atoms with Gasteiger partial charge in [-0.1, -0.05) is 38.1 Å². The molecule has 2 heterocycles. The molecule has 3 nitrogen and oxygen atoms in total. The lowest BCUT2D eigenvalue weighted by Crippen LogP contribution is -2.60. The Morgan fingerprint density at radius 1 is 1.33 bits per heavy atom. The molecule has 2 N–H and O–H groups in total. The van der Waals surface area contributed by atoms with Crippen LogP contribution in [0.1, 0.15) is 37.8 Å². The lowest BCUT2D eigenvalue weighted by atomic mass is 9.80. The van der Waals surface area contributed by atoms with Gasteiger partial charge >= 0.3 is 0 Å². The van der Waals surface area contributed by atoms with E-state index in [0.717, 1.165) is 45.5 Å². The van der Waals surface area contributed by atoms with Gasteiger partial charge < -0.3 is 10.5 Å². The van der Waals surface area contributed by atoms with Crippen molar-refractivity contribution >= 4 is 0 Å². The van der Waals surface area contributed by atoms with Crippen molar-refractivity contribution in [3.05, 3.63) is 35.4 Å². The van der Waals surface area contributed by atoms with E-state index in [1.165, 1.54) is 11.1 Å². The van der Waals surface area contributed by atoms with Crippen LogP contribution in [0.4, 0.5) is 0 Å². The first-order valence-electron chi connectivity index (χ1n) is 8.28. The Bertz CT molecular complexity index is 488. The number of nitrogens with zero attached hydrogens (tertiary/aromatic N) is 1. The Balaban J connectivity index is 1.80. The van der Waals surface area contributed by atoms with E-state index in [1.807, 2.05) is 0 Å². The average molecular weight is 288 g/mol. The third-order valence-corrected chi connectivity index (χ3v) is 5.41. The Morgan fingerprint density at radius 3 is 2.81 bits per heavy atom. The van der Waals surface area contributed by atoms with E-state index in [1.54, 1.807) is 0 Å². The monoisotopic (exact) mass is 288 g/mol. The molecular weight excluding hydrogens is 260 g/mol. The van der Waals surface area contributed by atoms with Crippen LogP contribution in [0, 0.1) is 5.92 Å². The van der Waals surface area contributed by atoms with Crippen molar-refractivity contribution < 1.29 is 4.74 Å². The normalized spacial score (nSPS) is 30.4. The molecule has 1 saturated heterocycles. The minimum absolute atomic E-state index is 0.126. The quantitative estimate of drug-likeness (QED) is 0.929. The summed E-state index contributed by atoms with van der Waals surface area (Å²) in [6, 6.07) is 8.84. The molecule has 0 radical (unpaired) electrons. The topological polar surface area (TPSA) is 38.5 Å². The van der Waals surface area contributed by atoms with Crippen LogP contribution in [0.5, 0.6) is 0 Å². The molecule has 1 aromatic carbocycles. The Labute approximate surface area is 128 Å². The van der Waals surface area contributed by atoms with E-state index in [9.17, 15) is 0 Å². The molecule has 2 unspecified atom stereocenters. The maximum atomic E-state index is 6.25. The number of benzene rings is 1. The lowest BCUT2D eigenvalue weighted by Gasteiger charge is -2.50. The van der Waals surface area contributed by atoms with Crippen LogP contribution in [0.25, 0.3) is 0 Å². The average Bonchev–Trinajstić information content (AvgIpc) is 2.54. The van der Waals surface area contributed by atoms with Gasteiger partial charge in [0.25, 0.3) is 0 Å². The summed E-state index contributed by atoms with van der Waals surface area (Å²) >= 11 is 0. The van der Waals surface area contributed by atoms with Crippen LogP contribution in [0.3, 0.4) is 0 Å². The van der Waals surface area contributed by atoms with Gasteiger partial charge in [-0.2, -0.15) is 0 Å². The molecule has 1 aromatic rings. The SMILES string of the molecule is CC(C)C1CC(CN)(N2CCc3ccccc3C2)CCO1. The van der Waals surface area contributed by atoms with Crippen LogP contribution in [0.2, 0.25) is 0 Å². The molecule has 2 aliphatic rings. The molecule has 116 valence electrons. The van der Waals surface area contributed by atoms with E-state index < -0.39 is 0 Å².